The van der Waals surface area contributed by atoms with Crippen LogP contribution in [0.25, 0.3) is 0 Å². The Bertz CT molecular complexity index is 452. The first-order valence-electron chi connectivity index (χ1n) is 8.41. The molecule has 20 heavy (non-hydrogen) atoms. The minimum Gasteiger partial charge on any atom is -0.312 e. The molecule has 3 nitrogen and oxygen atoms in total. The van der Waals surface area contributed by atoms with Crippen molar-refractivity contribution in [1.29, 1.82) is 0 Å². The molecule has 0 radical (unpaired) electrons. The topological polar surface area (TPSA) is 37.8 Å². The van der Waals surface area contributed by atoms with Crippen molar-refractivity contribution in [3.05, 3.63) is 22.8 Å². The van der Waals surface area contributed by atoms with Crippen molar-refractivity contribution in [3.8, 4) is 0 Å². The molecule has 2 aliphatic rings. The Hall–Kier alpha value is -0.960. The molecule has 1 aliphatic heterocycles. The summed E-state index contributed by atoms with van der Waals surface area (Å²) in [5, 5.41) is 3.45. The average molecular weight is 273 g/mol. The largest absolute Gasteiger partial charge is 0.312 e. The Morgan fingerprint density at radius 1 is 1.20 bits per heavy atom. The molecule has 2 unspecified atom stereocenters. The highest BCUT2D eigenvalue weighted by Gasteiger charge is 2.26. The number of aromatic nitrogens is 2. The molecule has 2 heterocycles. The van der Waals surface area contributed by atoms with E-state index in [1.165, 1.54) is 49.1 Å². The highest BCUT2D eigenvalue weighted by Crippen LogP contribution is 2.36. The quantitative estimate of drug-likeness (QED) is 0.917. The van der Waals surface area contributed by atoms with Gasteiger partial charge in [0.1, 0.15) is 5.82 Å². The molecule has 3 rings (SSSR count). The third-order valence-electron chi connectivity index (χ3n) is 5.10. The van der Waals surface area contributed by atoms with E-state index in [0.717, 1.165) is 37.7 Å². The summed E-state index contributed by atoms with van der Waals surface area (Å²) in [4.78, 5) is 9.91. The summed E-state index contributed by atoms with van der Waals surface area (Å²) in [7, 11) is 0. The highest BCUT2D eigenvalue weighted by atomic mass is 15.0. The van der Waals surface area contributed by atoms with Gasteiger partial charge in [-0.1, -0.05) is 33.1 Å². The van der Waals surface area contributed by atoms with Crippen LogP contribution >= 0.6 is 0 Å². The lowest BCUT2D eigenvalue weighted by atomic mass is 9.79. The van der Waals surface area contributed by atoms with E-state index in [-0.39, 0.29) is 0 Å². The van der Waals surface area contributed by atoms with Gasteiger partial charge in [0, 0.05) is 36.7 Å². The monoisotopic (exact) mass is 273 g/mol. The van der Waals surface area contributed by atoms with E-state index in [1.807, 2.05) is 0 Å². The average Bonchev–Trinajstić information content (AvgIpc) is 2.53. The van der Waals surface area contributed by atoms with Gasteiger partial charge in [0.15, 0.2) is 0 Å². The maximum absolute atomic E-state index is 4.96. The summed E-state index contributed by atoms with van der Waals surface area (Å²) in [6, 6.07) is 0. The second kappa shape index (κ2) is 6.21. The number of hydrogen-bond acceptors (Lipinski definition) is 3. The number of nitrogens with zero attached hydrogens (tertiary/aromatic N) is 2. The molecule has 0 aromatic carbocycles. The molecule has 1 N–H and O–H groups in total. The first-order chi connectivity index (χ1) is 9.81. The maximum atomic E-state index is 4.96. The number of fused-ring (bicyclic) bond motifs is 1. The van der Waals surface area contributed by atoms with Crippen molar-refractivity contribution >= 4 is 0 Å². The minimum absolute atomic E-state index is 0.610. The second-order valence-electron chi connectivity index (χ2n) is 6.37. The van der Waals surface area contributed by atoms with Gasteiger partial charge in [-0.15, -0.1) is 0 Å². The summed E-state index contributed by atoms with van der Waals surface area (Å²) in [5.74, 6) is 2.65. The van der Waals surface area contributed by atoms with Gasteiger partial charge in [-0.25, -0.2) is 9.97 Å². The lowest BCUT2D eigenvalue weighted by Crippen LogP contribution is -2.28. The third-order valence-corrected chi connectivity index (χ3v) is 5.10. The van der Waals surface area contributed by atoms with Gasteiger partial charge in [0.05, 0.1) is 5.69 Å². The molecule has 110 valence electrons. The van der Waals surface area contributed by atoms with Crippen LogP contribution in [0.3, 0.4) is 0 Å². The van der Waals surface area contributed by atoms with Gasteiger partial charge in [0.2, 0.25) is 0 Å². The van der Waals surface area contributed by atoms with Gasteiger partial charge in [0.25, 0.3) is 0 Å². The first-order valence-corrected chi connectivity index (χ1v) is 8.41. The molecule has 0 saturated heterocycles. The summed E-state index contributed by atoms with van der Waals surface area (Å²) < 4.78 is 0. The molecule has 1 aromatic heterocycles. The Morgan fingerprint density at radius 3 is 2.90 bits per heavy atom. The van der Waals surface area contributed by atoms with Gasteiger partial charge in [-0.05, 0) is 25.2 Å². The molecule has 1 aliphatic carbocycles. The predicted molar refractivity (Wildman–Crippen MR) is 81.8 cm³/mol. The van der Waals surface area contributed by atoms with Crippen molar-refractivity contribution in [2.45, 2.75) is 71.3 Å². The third kappa shape index (κ3) is 2.73. The van der Waals surface area contributed by atoms with Crippen molar-refractivity contribution in [3.63, 3.8) is 0 Å². The van der Waals surface area contributed by atoms with Crippen LogP contribution in [-0.2, 0) is 19.4 Å². The summed E-state index contributed by atoms with van der Waals surface area (Å²) in [6.07, 6.45) is 8.76. The Kier molecular flexibility index (Phi) is 4.35. The van der Waals surface area contributed by atoms with Crippen LogP contribution in [0, 0.1) is 5.92 Å². The first kappa shape index (κ1) is 14.0. The Labute approximate surface area is 122 Å². The molecular formula is C17H27N3. The van der Waals surface area contributed by atoms with Crippen molar-refractivity contribution in [1.82, 2.24) is 15.3 Å². The van der Waals surface area contributed by atoms with Gasteiger partial charge in [-0.3, -0.25) is 0 Å². The number of hydrogen-bond donors (Lipinski definition) is 1. The lowest BCUT2D eigenvalue weighted by Gasteiger charge is -2.29. The van der Waals surface area contributed by atoms with Gasteiger partial charge >= 0.3 is 0 Å². The molecule has 1 aromatic rings. The molecule has 0 bridgehead atoms. The van der Waals surface area contributed by atoms with Gasteiger partial charge in [-0.2, -0.15) is 0 Å². The zero-order valence-corrected chi connectivity index (χ0v) is 12.9. The fraction of sp³-hybridized carbons (Fsp3) is 0.765. The summed E-state index contributed by atoms with van der Waals surface area (Å²) in [5.41, 5.74) is 3.99. The van der Waals surface area contributed by atoms with Crippen LogP contribution in [0.15, 0.2) is 0 Å². The highest BCUT2D eigenvalue weighted by molar-refractivity contribution is 5.29. The Morgan fingerprint density at radius 2 is 2.10 bits per heavy atom. The normalized spacial score (nSPS) is 26.3. The number of nitrogens with one attached hydrogen (secondary N) is 1. The SMILES string of the molecule is CCc1nc(C2CCCC(CC)C2)nc2c1CNCC2. The van der Waals surface area contributed by atoms with E-state index in [4.69, 9.17) is 9.97 Å². The zero-order chi connectivity index (χ0) is 13.9. The Balaban J connectivity index is 1.89. The van der Waals surface area contributed by atoms with E-state index in [9.17, 15) is 0 Å². The van der Waals surface area contributed by atoms with Crippen LogP contribution in [-0.4, -0.2) is 16.5 Å². The summed E-state index contributed by atoms with van der Waals surface area (Å²) >= 11 is 0. The van der Waals surface area contributed by atoms with Crippen molar-refractivity contribution < 1.29 is 0 Å². The van der Waals surface area contributed by atoms with Crippen molar-refractivity contribution in [2.75, 3.05) is 6.54 Å². The van der Waals surface area contributed by atoms with E-state index in [0.29, 0.717) is 5.92 Å². The fourth-order valence-corrected chi connectivity index (χ4v) is 3.81. The summed E-state index contributed by atoms with van der Waals surface area (Å²) in [6.45, 7) is 6.57. The van der Waals surface area contributed by atoms with Crippen LogP contribution < -0.4 is 5.32 Å². The predicted octanol–water partition coefficient (Wildman–Crippen LogP) is 3.37. The fourth-order valence-electron chi connectivity index (χ4n) is 3.81. The van der Waals surface area contributed by atoms with E-state index < -0.39 is 0 Å². The minimum atomic E-state index is 0.610. The maximum Gasteiger partial charge on any atom is 0.131 e. The van der Waals surface area contributed by atoms with Crippen LogP contribution in [0.4, 0.5) is 0 Å². The second-order valence-corrected chi connectivity index (χ2v) is 6.37. The van der Waals surface area contributed by atoms with Crippen LogP contribution in [0.2, 0.25) is 0 Å². The van der Waals surface area contributed by atoms with Crippen LogP contribution in [0.1, 0.15) is 74.6 Å². The molecule has 3 heteroatoms. The van der Waals surface area contributed by atoms with Gasteiger partial charge < -0.3 is 5.32 Å². The van der Waals surface area contributed by atoms with E-state index in [1.54, 1.807) is 0 Å². The number of rotatable bonds is 3. The molecule has 2 atom stereocenters. The smallest absolute Gasteiger partial charge is 0.131 e. The molecular weight excluding hydrogens is 246 g/mol. The van der Waals surface area contributed by atoms with E-state index >= 15 is 0 Å². The van der Waals surface area contributed by atoms with Crippen molar-refractivity contribution in [2.24, 2.45) is 5.92 Å². The van der Waals surface area contributed by atoms with E-state index in [2.05, 4.69) is 19.2 Å². The standard InChI is InChI=1S/C17H27N3/c1-3-12-6-5-7-13(10-12)17-19-15(4-2)14-11-18-9-8-16(14)20-17/h12-13,18H,3-11H2,1-2H3. The molecule has 0 spiro atoms. The van der Waals surface area contributed by atoms with Crippen LogP contribution in [0.5, 0.6) is 0 Å². The molecule has 0 amide bonds. The number of aryl methyl sites for hydroxylation is 1. The lowest BCUT2D eigenvalue weighted by molar-refractivity contribution is 0.306. The molecule has 1 fully saturated rings. The molecule has 1 saturated carbocycles. The zero-order valence-electron chi connectivity index (χ0n) is 12.9.